The van der Waals surface area contributed by atoms with Crippen LogP contribution in [0, 0.1) is 5.82 Å². The molecule has 0 bridgehead atoms. The molecule has 1 saturated heterocycles. The number of benzene rings is 2. The maximum absolute atomic E-state index is 12.9. The van der Waals surface area contributed by atoms with Crippen LogP contribution in [0.4, 0.5) is 10.1 Å². The van der Waals surface area contributed by atoms with Crippen molar-refractivity contribution in [2.75, 3.05) is 18.1 Å². The predicted molar refractivity (Wildman–Crippen MR) is 101 cm³/mol. The monoisotopic (exact) mass is 370 g/mol. The fourth-order valence-corrected chi connectivity index (χ4v) is 3.02. The summed E-state index contributed by atoms with van der Waals surface area (Å²) in [7, 11) is 0. The molecule has 1 aliphatic heterocycles. The molecule has 1 aliphatic rings. The molecule has 1 atom stereocenters. The molecule has 0 spiro atoms. The van der Waals surface area contributed by atoms with Gasteiger partial charge in [0.25, 0.3) is 5.91 Å². The van der Waals surface area contributed by atoms with Crippen LogP contribution in [-0.4, -0.2) is 31.0 Å². The summed E-state index contributed by atoms with van der Waals surface area (Å²) in [6.45, 7) is 3.19. The molecular formula is C21H23FN2O3. The molecule has 142 valence electrons. The molecule has 2 amide bonds. The zero-order valence-electron chi connectivity index (χ0n) is 15.3. The fraction of sp³-hybridized carbons (Fsp3) is 0.333. The lowest BCUT2D eigenvalue weighted by Gasteiger charge is -2.16. The Morgan fingerprint density at radius 3 is 2.48 bits per heavy atom. The molecule has 27 heavy (non-hydrogen) atoms. The van der Waals surface area contributed by atoms with Gasteiger partial charge in [0.15, 0.2) is 0 Å². The standard InChI is InChI=1S/C21H23FN2O3/c1-2-13-27-18-9-7-17(8-10-18)24-20(25)14-19(21(24)26)23-12-11-15-3-5-16(22)6-4-15/h3-10,19,23H,2,11-14H2,1H3/t19-/m1/s1. The van der Waals surface area contributed by atoms with Gasteiger partial charge in [-0.2, -0.15) is 0 Å². The zero-order valence-corrected chi connectivity index (χ0v) is 15.3. The van der Waals surface area contributed by atoms with Crippen LogP contribution in [0.15, 0.2) is 48.5 Å². The van der Waals surface area contributed by atoms with Gasteiger partial charge in [-0.15, -0.1) is 0 Å². The zero-order chi connectivity index (χ0) is 19.2. The van der Waals surface area contributed by atoms with E-state index >= 15 is 0 Å². The highest BCUT2D eigenvalue weighted by molar-refractivity contribution is 6.22. The molecule has 0 aliphatic carbocycles. The molecule has 5 nitrogen and oxygen atoms in total. The van der Waals surface area contributed by atoms with Gasteiger partial charge in [0.1, 0.15) is 11.6 Å². The Kier molecular flexibility index (Phi) is 6.19. The van der Waals surface area contributed by atoms with Crippen LogP contribution >= 0.6 is 0 Å². The Labute approximate surface area is 158 Å². The first-order valence-corrected chi connectivity index (χ1v) is 9.16. The molecule has 6 heteroatoms. The minimum Gasteiger partial charge on any atom is -0.494 e. The minimum atomic E-state index is -0.533. The van der Waals surface area contributed by atoms with Crippen LogP contribution in [0.25, 0.3) is 0 Å². The maximum Gasteiger partial charge on any atom is 0.251 e. The van der Waals surface area contributed by atoms with Crippen molar-refractivity contribution in [2.45, 2.75) is 32.2 Å². The van der Waals surface area contributed by atoms with Crippen LogP contribution in [-0.2, 0) is 16.0 Å². The number of hydrogen-bond acceptors (Lipinski definition) is 4. The van der Waals surface area contributed by atoms with Crippen molar-refractivity contribution in [1.29, 1.82) is 0 Å². The first-order chi connectivity index (χ1) is 13.1. The van der Waals surface area contributed by atoms with E-state index in [1.165, 1.54) is 17.0 Å². The number of hydrogen-bond donors (Lipinski definition) is 1. The van der Waals surface area contributed by atoms with E-state index in [0.29, 0.717) is 31.0 Å². The number of rotatable bonds is 8. The smallest absolute Gasteiger partial charge is 0.251 e. The second-order valence-electron chi connectivity index (χ2n) is 6.50. The number of imide groups is 1. The van der Waals surface area contributed by atoms with Gasteiger partial charge in [-0.1, -0.05) is 19.1 Å². The molecule has 0 aromatic heterocycles. The predicted octanol–water partition coefficient (Wildman–Crippen LogP) is 3.08. The third kappa shape index (κ3) is 4.71. The average molecular weight is 370 g/mol. The third-order valence-electron chi connectivity index (χ3n) is 4.43. The molecule has 2 aromatic rings. The normalized spacial score (nSPS) is 16.8. The third-order valence-corrected chi connectivity index (χ3v) is 4.43. The summed E-state index contributed by atoms with van der Waals surface area (Å²) in [5.41, 5.74) is 1.52. The van der Waals surface area contributed by atoms with E-state index in [-0.39, 0.29) is 24.1 Å². The topological polar surface area (TPSA) is 58.6 Å². The van der Waals surface area contributed by atoms with Crippen LogP contribution in [0.1, 0.15) is 25.3 Å². The van der Waals surface area contributed by atoms with Crippen molar-refractivity contribution in [1.82, 2.24) is 5.32 Å². The lowest BCUT2D eigenvalue weighted by Crippen LogP contribution is -2.39. The Morgan fingerprint density at radius 1 is 1.11 bits per heavy atom. The number of anilines is 1. The molecule has 0 radical (unpaired) electrons. The van der Waals surface area contributed by atoms with Gasteiger partial charge in [-0.3, -0.25) is 9.59 Å². The Balaban J connectivity index is 1.56. The quantitative estimate of drug-likeness (QED) is 0.726. The van der Waals surface area contributed by atoms with Gasteiger partial charge in [0, 0.05) is 0 Å². The molecule has 2 aromatic carbocycles. The number of carbonyl (C=O) groups excluding carboxylic acids is 2. The molecule has 0 unspecified atom stereocenters. The minimum absolute atomic E-state index is 0.135. The summed E-state index contributed by atoms with van der Waals surface area (Å²) in [4.78, 5) is 26.2. The summed E-state index contributed by atoms with van der Waals surface area (Å²) < 4.78 is 18.5. The average Bonchev–Trinajstić information content (AvgIpc) is 2.96. The van der Waals surface area contributed by atoms with E-state index in [2.05, 4.69) is 5.32 Å². The number of carbonyl (C=O) groups is 2. The van der Waals surface area contributed by atoms with Gasteiger partial charge in [0.05, 0.1) is 24.8 Å². The van der Waals surface area contributed by atoms with Crippen molar-refractivity contribution >= 4 is 17.5 Å². The molecule has 1 heterocycles. The highest BCUT2D eigenvalue weighted by atomic mass is 19.1. The van der Waals surface area contributed by atoms with Crippen LogP contribution in [0.5, 0.6) is 5.75 Å². The van der Waals surface area contributed by atoms with E-state index in [4.69, 9.17) is 4.74 Å². The van der Waals surface area contributed by atoms with Crippen molar-refractivity contribution in [3.05, 3.63) is 59.9 Å². The highest BCUT2D eigenvalue weighted by Crippen LogP contribution is 2.25. The van der Waals surface area contributed by atoms with Gasteiger partial charge in [0.2, 0.25) is 5.91 Å². The van der Waals surface area contributed by atoms with Crippen molar-refractivity contribution < 1.29 is 18.7 Å². The Hall–Kier alpha value is -2.73. The second kappa shape index (κ2) is 8.77. The highest BCUT2D eigenvalue weighted by Gasteiger charge is 2.39. The van der Waals surface area contributed by atoms with Crippen molar-refractivity contribution in [3.63, 3.8) is 0 Å². The molecule has 3 rings (SSSR count). The molecule has 1 N–H and O–H groups in total. The number of nitrogens with one attached hydrogen (secondary N) is 1. The van der Waals surface area contributed by atoms with Crippen LogP contribution in [0.2, 0.25) is 0 Å². The molecular weight excluding hydrogens is 347 g/mol. The Morgan fingerprint density at radius 2 is 1.81 bits per heavy atom. The summed E-state index contributed by atoms with van der Waals surface area (Å²) in [5.74, 6) is -0.0264. The summed E-state index contributed by atoms with van der Waals surface area (Å²) >= 11 is 0. The number of amides is 2. The Bertz CT molecular complexity index is 790. The fourth-order valence-electron chi connectivity index (χ4n) is 3.02. The maximum atomic E-state index is 12.9. The summed E-state index contributed by atoms with van der Waals surface area (Å²) in [6, 6.07) is 12.7. The summed E-state index contributed by atoms with van der Waals surface area (Å²) in [5, 5.41) is 3.13. The largest absolute Gasteiger partial charge is 0.494 e. The van der Waals surface area contributed by atoms with Crippen LogP contribution in [0.3, 0.4) is 0 Å². The second-order valence-corrected chi connectivity index (χ2v) is 6.50. The van der Waals surface area contributed by atoms with Crippen LogP contribution < -0.4 is 15.0 Å². The summed E-state index contributed by atoms with van der Waals surface area (Å²) in [6.07, 6.45) is 1.70. The molecule has 0 saturated carbocycles. The SMILES string of the molecule is CCCOc1ccc(N2C(=O)C[C@@H](NCCc3ccc(F)cc3)C2=O)cc1. The van der Waals surface area contributed by atoms with E-state index in [0.717, 1.165) is 12.0 Å². The van der Waals surface area contributed by atoms with Gasteiger partial charge in [-0.25, -0.2) is 9.29 Å². The van der Waals surface area contributed by atoms with Gasteiger partial charge in [-0.05, 0) is 61.3 Å². The van der Waals surface area contributed by atoms with Gasteiger partial charge >= 0.3 is 0 Å². The first-order valence-electron chi connectivity index (χ1n) is 9.16. The van der Waals surface area contributed by atoms with E-state index in [1.807, 2.05) is 6.92 Å². The number of nitrogens with zero attached hydrogens (tertiary/aromatic N) is 1. The van der Waals surface area contributed by atoms with E-state index in [1.54, 1.807) is 36.4 Å². The van der Waals surface area contributed by atoms with E-state index in [9.17, 15) is 14.0 Å². The number of halogens is 1. The van der Waals surface area contributed by atoms with Crippen molar-refractivity contribution in [2.24, 2.45) is 0 Å². The molecule has 1 fully saturated rings. The first kappa shape index (κ1) is 19.0. The van der Waals surface area contributed by atoms with Gasteiger partial charge < -0.3 is 10.1 Å². The lowest BCUT2D eigenvalue weighted by molar-refractivity contribution is -0.121. The van der Waals surface area contributed by atoms with Crippen molar-refractivity contribution in [3.8, 4) is 5.75 Å². The lowest BCUT2D eigenvalue weighted by atomic mass is 10.1. The number of ether oxygens (including phenoxy) is 1. The van der Waals surface area contributed by atoms with E-state index < -0.39 is 6.04 Å².